The van der Waals surface area contributed by atoms with Gasteiger partial charge in [0.2, 0.25) is 0 Å². The van der Waals surface area contributed by atoms with E-state index in [1.165, 1.54) is 14.2 Å². The quantitative estimate of drug-likeness (QED) is 0.522. The van der Waals surface area contributed by atoms with E-state index in [-0.39, 0.29) is 37.1 Å². The van der Waals surface area contributed by atoms with Gasteiger partial charge in [-0.3, -0.25) is 19.3 Å². The van der Waals surface area contributed by atoms with Crippen molar-refractivity contribution < 1.29 is 28.6 Å². The largest absolute Gasteiger partial charge is 0.497 e. The van der Waals surface area contributed by atoms with Crippen LogP contribution in [0.15, 0.2) is 24.3 Å². The number of ether oxygens (including phenoxy) is 3. The fourth-order valence-corrected chi connectivity index (χ4v) is 4.73. The predicted octanol–water partition coefficient (Wildman–Crippen LogP) is 2.11. The Hall–Kier alpha value is -2.41. The van der Waals surface area contributed by atoms with E-state index in [1.54, 1.807) is 7.11 Å². The maximum Gasteiger partial charge on any atom is 0.320 e. The molecule has 28 heavy (non-hydrogen) atoms. The second-order valence-corrected chi connectivity index (χ2v) is 7.44. The van der Waals surface area contributed by atoms with Gasteiger partial charge in [0.15, 0.2) is 5.78 Å². The Kier molecular flexibility index (Phi) is 6.03. The third-order valence-corrected chi connectivity index (χ3v) is 6.13. The number of esters is 2. The van der Waals surface area contributed by atoms with E-state index in [0.29, 0.717) is 6.54 Å². The van der Waals surface area contributed by atoms with Crippen LogP contribution in [0.25, 0.3) is 0 Å². The van der Waals surface area contributed by atoms with E-state index in [2.05, 4.69) is 4.90 Å². The minimum absolute atomic E-state index is 0.00546. The molecule has 2 saturated heterocycles. The van der Waals surface area contributed by atoms with Crippen molar-refractivity contribution in [3.05, 3.63) is 29.8 Å². The zero-order valence-corrected chi connectivity index (χ0v) is 16.6. The van der Waals surface area contributed by atoms with Gasteiger partial charge in [-0.25, -0.2) is 0 Å². The summed E-state index contributed by atoms with van der Waals surface area (Å²) in [5.74, 6) is -0.349. The molecule has 2 fully saturated rings. The van der Waals surface area contributed by atoms with Crippen molar-refractivity contribution in [2.75, 3.05) is 21.3 Å². The molecule has 0 N–H and O–H groups in total. The number of fused-ring (bicyclic) bond motifs is 2. The monoisotopic (exact) mass is 389 g/mol. The molecule has 1 aromatic carbocycles. The minimum atomic E-state index is -1.32. The van der Waals surface area contributed by atoms with Gasteiger partial charge in [-0.2, -0.15) is 0 Å². The molecule has 0 aliphatic carbocycles. The molecule has 0 radical (unpaired) electrons. The summed E-state index contributed by atoms with van der Waals surface area (Å²) in [6, 6.07) is 7.58. The van der Waals surface area contributed by atoms with E-state index in [4.69, 9.17) is 14.2 Å². The van der Waals surface area contributed by atoms with Crippen LogP contribution >= 0.6 is 0 Å². The highest BCUT2D eigenvalue weighted by molar-refractivity contribution is 6.06. The number of Topliss-reactive ketones (excluding diaryl/α,β-unsaturated/α-hetero) is 1. The molecule has 2 aliphatic rings. The topological polar surface area (TPSA) is 82.1 Å². The molecule has 1 aromatic rings. The smallest absolute Gasteiger partial charge is 0.320 e. The van der Waals surface area contributed by atoms with Crippen LogP contribution < -0.4 is 4.74 Å². The molecule has 152 valence electrons. The van der Waals surface area contributed by atoms with Gasteiger partial charge in [-0.05, 0) is 37.0 Å². The Balaban J connectivity index is 1.92. The zero-order chi connectivity index (χ0) is 20.3. The van der Waals surface area contributed by atoms with E-state index in [0.717, 1.165) is 24.2 Å². The SMILES string of the molecule is COC(=O)CC[C@]1(C(=O)OC)C(=O)C[C@H]2CC[C@H]1N2Cc1cccc(OC)c1. The van der Waals surface area contributed by atoms with Gasteiger partial charge in [-0.15, -0.1) is 0 Å². The number of piperidine rings is 1. The number of methoxy groups -OCH3 is 3. The molecule has 0 spiro atoms. The minimum Gasteiger partial charge on any atom is -0.497 e. The number of hydrogen-bond donors (Lipinski definition) is 0. The first kappa shape index (κ1) is 20.3. The van der Waals surface area contributed by atoms with Crippen molar-refractivity contribution in [3.8, 4) is 5.75 Å². The first-order valence-electron chi connectivity index (χ1n) is 9.53. The summed E-state index contributed by atoms with van der Waals surface area (Å²) in [5, 5.41) is 0. The van der Waals surface area contributed by atoms with Gasteiger partial charge in [0.05, 0.1) is 21.3 Å². The van der Waals surface area contributed by atoms with E-state index >= 15 is 0 Å². The van der Waals surface area contributed by atoms with Gasteiger partial charge in [0.25, 0.3) is 0 Å². The van der Waals surface area contributed by atoms with Crippen molar-refractivity contribution in [2.24, 2.45) is 5.41 Å². The normalized spacial score (nSPS) is 26.8. The number of benzene rings is 1. The maximum atomic E-state index is 13.1. The van der Waals surface area contributed by atoms with E-state index in [1.807, 2.05) is 24.3 Å². The number of carbonyl (C=O) groups is 3. The average molecular weight is 389 g/mol. The summed E-state index contributed by atoms with van der Waals surface area (Å²) in [5.41, 5.74) is -0.272. The second-order valence-electron chi connectivity index (χ2n) is 7.44. The van der Waals surface area contributed by atoms with Crippen LogP contribution in [0.1, 0.15) is 37.7 Å². The van der Waals surface area contributed by atoms with Gasteiger partial charge in [0, 0.05) is 31.5 Å². The third kappa shape index (κ3) is 3.51. The van der Waals surface area contributed by atoms with Gasteiger partial charge in [-0.1, -0.05) is 12.1 Å². The van der Waals surface area contributed by atoms with Gasteiger partial charge >= 0.3 is 11.9 Å². The molecule has 0 amide bonds. The Morgan fingerprint density at radius 2 is 1.96 bits per heavy atom. The van der Waals surface area contributed by atoms with Gasteiger partial charge in [0.1, 0.15) is 11.2 Å². The van der Waals surface area contributed by atoms with Crippen LogP contribution in [-0.2, 0) is 30.4 Å². The zero-order valence-electron chi connectivity index (χ0n) is 16.6. The highest BCUT2D eigenvalue weighted by Crippen LogP contribution is 2.48. The fourth-order valence-electron chi connectivity index (χ4n) is 4.73. The first-order valence-corrected chi connectivity index (χ1v) is 9.53. The summed E-state index contributed by atoms with van der Waals surface area (Å²) in [7, 11) is 4.22. The lowest BCUT2D eigenvalue weighted by atomic mass is 9.69. The van der Waals surface area contributed by atoms with Crippen molar-refractivity contribution in [2.45, 2.75) is 50.7 Å². The molecule has 2 heterocycles. The van der Waals surface area contributed by atoms with Crippen LogP contribution in [0.4, 0.5) is 0 Å². The van der Waals surface area contributed by atoms with Crippen LogP contribution in [0.3, 0.4) is 0 Å². The summed E-state index contributed by atoms with van der Waals surface area (Å²) in [6.45, 7) is 0.608. The Morgan fingerprint density at radius 3 is 2.64 bits per heavy atom. The molecule has 0 aromatic heterocycles. The maximum absolute atomic E-state index is 13.1. The van der Waals surface area contributed by atoms with Crippen LogP contribution in [0, 0.1) is 5.41 Å². The highest BCUT2D eigenvalue weighted by atomic mass is 16.5. The molecular formula is C21H27NO6. The highest BCUT2D eigenvalue weighted by Gasteiger charge is 2.61. The van der Waals surface area contributed by atoms with Crippen LogP contribution in [0.5, 0.6) is 5.75 Å². The lowest BCUT2D eigenvalue weighted by Gasteiger charge is -2.45. The molecule has 2 aliphatic heterocycles. The van der Waals surface area contributed by atoms with Crippen LogP contribution in [-0.4, -0.2) is 56.0 Å². The lowest BCUT2D eigenvalue weighted by molar-refractivity contribution is -0.168. The summed E-state index contributed by atoms with van der Waals surface area (Å²) >= 11 is 0. The summed E-state index contributed by atoms with van der Waals surface area (Å²) in [6.07, 6.45) is 1.97. The van der Waals surface area contributed by atoms with Crippen molar-refractivity contribution in [3.63, 3.8) is 0 Å². The number of nitrogens with zero attached hydrogens (tertiary/aromatic N) is 1. The molecular weight excluding hydrogens is 362 g/mol. The average Bonchev–Trinajstić information content (AvgIpc) is 3.02. The molecule has 7 heteroatoms. The standard InChI is InChI=1S/C21H27NO6/c1-26-16-6-4-5-14(11-16)13-22-15-7-8-17(22)21(18(23)12-15,20(25)28-3)10-9-19(24)27-2/h4-6,11,15,17H,7-10,12-13H2,1-3H3/t15-,17-,21-/m1/s1. The van der Waals surface area contributed by atoms with Crippen LogP contribution in [0.2, 0.25) is 0 Å². The predicted molar refractivity (Wildman–Crippen MR) is 101 cm³/mol. The number of carbonyl (C=O) groups excluding carboxylic acids is 3. The van der Waals surface area contributed by atoms with Crippen molar-refractivity contribution in [1.29, 1.82) is 0 Å². The summed E-state index contributed by atoms with van der Waals surface area (Å²) in [4.78, 5) is 39.9. The molecule has 0 unspecified atom stereocenters. The van der Waals surface area contributed by atoms with E-state index < -0.39 is 17.4 Å². The number of rotatable bonds is 7. The fraction of sp³-hybridized carbons (Fsp3) is 0.571. The Bertz CT molecular complexity index is 763. The molecule has 0 saturated carbocycles. The van der Waals surface area contributed by atoms with Gasteiger partial charge < -0.3 is 14.2 Å². The molecule has 3 rings (SSSR count). The number of ketones is 1. The van der Waals surface area contributed by atoms with Crippen molar-refractivity contribution >= 4 is 17.7 Å². The summed E-state index contributed by atoms with van der Waals surface area (Å²) < 4.78 is 15.1. The molecule has 7 nitrogen and oxygen atoms in total. The first-order chi connectivity index (χ1) is 13.5. The Morgan fingerprint density at radius 1 is 1.18 bits per heavy atom. The molecule has 2 bridgehead atoms. The number of hydrogen-bond acceptors (Lipinski definition) is 7. The lowest BCUT2D eigenvalue weighted by Crippen LogP contribution is -2.60. The molecule has 3 atom stereocenters. The van der Waals surface area contributed by atoms with E-state index in [9.17, 15) is 14.4 Å². The Labute approximate surface area is 164 Å². The van der Waals surface area contributed by atoms with Crippen molar-refractivity contribution in [1.82, 2.24) is 4.90 Å². The third-order valence-electron chi connectivity index (χ3n) is 6.13. The second kappa shape index (κ2) is 8.31.